The lowest BCUT2D eigenvalue weighted by molar-refractivity contribution is -0.125. The molecule has 0 aliphatic carbocycles. The van der Waals surface area contributed by atoms with Gasteiger partial charge in [-0.3, -0.25) is 19.3 Å². The summed E-state index contributed by atoms with van der Waals surface area (Å²) in [6.45, 7) is 2.68. The molecular formula is C20H17ClN2O6. The average molecular weight is 417 g/mol. The molecule has 0 saturated heterocycles. The summed E-state index contributed by atoms with van der Waals surface area (Å²) in [6, 6.07) is 7.77. The van der Waals surface area contributed by atoms with Crippen molar-refractivity contribution in [1.29, 1.82) is 0 Å². The summed E-state index contributed by atoms with van der Waals surface area (Å²) in [5.41, 5.74) is 0.764. The van der Waals surface area contributed by atoms with Crippen LogP contribution in [0.15, 0.2) is 36.4 Å². The summed E-state index contributed by atoms with van der Waals surface area (Å²) in [6.07, 6.45) is 0. The minimum atomic E-state index is -1.23. The van der Waals surface area contributed by atoms with Crippen molar-refractivity contribution in [3.05, 3.63) is 52.5 Å². The summed E-state index contributed by atoms with van der Waals surface area (Å²) in [4.78, 5) is 49.4. The molecule has 3 rings (SSSR count). The van der Waals surface area contributed by atoms with Crippen molar-refractivity contribution in [2.45, 2.75) is 19.9 Å². The van der Waals surface area contributed by atoms with Crippen molar-refractivity contribution < 1.29 is 29.0 Å². The quantitative estimate of drug-likeness (QED) is 0.724. The predicted molar refractivity (Wildman–Crippen MR) is 106 cm³/mol. The van der Waals surface area contributed by atoms with Gasteiger partial charge in [0.2, 0.25) is 5.91 Å². The molecule has 2 aromatic carbocycles. The normalized spacial score (nSPS) is 13.9. The van der Waals surface area contributed by atoms with E-state index in [4.69, 9.17) is 21.4 Å². The second-order valence-electron chi connectivity index (χ2n) is 6.46. The van der Waals surface area contributed by atoms with Gasteiger partial charge >= 0.3 is 5.97 Å². The molecule has 1 heterocycles. The number of carbonyl (C=O) groups is 4. The molecule has 0 radical (unpaired) electrons. The van der Waals surface area contributed by atoms with Gasteiger partial charge in [-0.15, -0.1) is 0 Å². The lowest BCUT2D eigenvalue weighted by Crippen LogP contribution is -2.49. The molecule has 0 spiro atoms. The van der Waals surface area contributed by atoms with E-state index in [1.807, 2.05) is 0 Å². The van der Waals surface area contributed by atoms with Crippen molar-refractivity contribution in [2.75, 3.05) is 16.8 Å². The number of benzene rings is 2. The molecule has 0 fully saturated rings. The number of aromatic carboxylic acids is 1. The number of amides is 2. The molecule has 150 valence electrons. The van der Waals surface area contributed by atoms with Gasteiger partial charge in [-0.1, -0.05) is 11.6 Å². The minimum Gasteiger partial charge on any atom is -0.482 e. The zero-order chi connectivity index (χ0) is 21.3. The second kappa shape index (κ2) is 7.92. The van der Waals surface area contributed by atoms with Gasteiger partial charge in [0.15, 0.2) is 12.4 Å². The Morgan fingerprint density at radius 3 is 2.59 bits per heavy atom. The van der Waals surface area contributed by atoms with Crippen molar-refractivity contribution >= 4 is 46.5 Å². The van der Waals surface area contributed by atoms with Gasteiger partial charge in [0.05, 0.1) is 16.3 Å². The number of carboxylic acids is 1. The van der Waals surface area contributed by atoms with Crippen LogP contribution in [-0.4, -0.2) is 41.3 Å². The molecule has 29 heavy (non-hydrogen) atoms. The van der Waals surface area contributed by atoms with E-state index in [-0.39, 0.29) is 28.7 Å². The third-order valence-corrected chi connectivity index (χ3v) is 4.81. The van der Waals surface area contributed by atoms with Crippen LogP contribution < -0.4 is 15.0 Å². The topological polar surface area (TPSA) is 113 Å². The highest BCUT2D eigenvalue weighted by Crippen LogP contribution is 2.34. The Hall–Kier alpha value is -3.39. The van der Waals surface area contributed by atoms with Crippen LogP contribution in [0.5, 0.6) is 5.75 Å². The van der Waals surface area contributed by atoms with E-state index in [2.05, 4.69) is 5.32 Å². The first-order valence-corrected chi connectivity index (χ1v) is 9.00. The number of hydrogen-bond donors (Lipinski definition) is 2. The molecule has 9 heteroatoms. The van der Waals surface area contributed by atoms with Crippen LogP contribution in [0.1, 0.15) is 34.6 Å². The third-order valence-electron chi connectivity index (χ3n) is 4.48. The Labute approximate surface area is 171 Å². The van der Waals surface area contributed by atoms with E-state index in [1.165, 1.54) is 43.0 Å². The van der Waals surface area contributed by atoms with Gasteiger partial charge in [0.25, 0.3) is 5.91 Å². The fourth-order valence-corrected chi connectivity index (χ4v) is 3.14. The number of ketones is 1. The van der Waals surface area contributed by atoms with E-state index in [9.17, 15) is 19.2 Å². The number of rotatable bonds is 5. The van der Waals surface area contributed by atoms with Gasteiger partial charge in [-0.25, -0.2) is 4.79 Å². The van der Waals surface area contributed by atoms with Crippen LogP contribution in [-0.2, 0) is 9.59 Å². The molecule has 8 nitrogen and oxygen atoms in total. The van der Waals surface area contributed by atoms with Crippen LogP contribution in [0, 0.1) is 0 Å². The monoisotopic (exact) mass is 416 g/mol. The average Bonchev–Trinajstić information content (AvgIpc) is 2.68. The SMILES string of the molecule is CC(=O)c1ccc2c(c1)N(C(C)C(=O)Nc1ccc(Cl)c(C(=O)O)c1)C(=O)CO2. The number of carboxylic acid groups (broad SMARTS) is 1. The van der Waals surface area contributed by atoms with Gasteiger partial charge in [0.1, 0.15) is 11.8 Å². The molecule has 1 atom stereocenters. The number of nitrogens with zero attached hydrogens (tertiary/aromatic N) is 1. The van der Waals surface area contributed by atoms with Gasteiger partial charge in [-0.2, -0.15) is 0 Å². The maximum absolute atomic E-state index is 12.8. The minimum absolute atomic E-state index is 0.0394. The van der Waals surface area contributed by atoms with Crippen LogP contribution in [0.25, 0.3) is 0 Å². The van der Waals surface area contributed by atoms with Crippen molar-refractivity contribution in [3.8, 4) is 5.75 Å². The van der Waals surface area contributed by atoms with E-state index >= 15 is 0 Å². The lowest BCUT2D eigenvalue weighted by atomic mass is 10.1. The van der Waals surface area contributed by atoms with Gasteiger partial charge in [0, 0.05) is 11.3 Å². The number of fused-ring (bicyclic) bond motifs is 1. The van der Waals surface area contributed by atoms with Crippen molar-refractivity contribution in [3.63, 3.8) is 0 Å². The second-order valence-corrected chi connectivity index (χ2v) is 6.86. The maximum Gasteiger partial charge on any atom is 0.337 e. The highest BCUT2D eigenvalue weighted by atomic mass is 35.5. The zero-order valence-corrected chi connectivity index (χ0v) is 16.3. The molecule has 1 aliphatic rings. The van der Waals surface area contributed by atoms with E-state index < -0.39 is 23.8 Å². The number of carbonyl (C=O) groups excluding carboxylic acids is 3. The number of halogens is 1. The molecule has 1 aliphatic heterocycles. The smallest absolute Gasteiger partial charge is 0.337 e. The Kier molecular flexibility index (Phi) is 5.56. The van der Waals surface area contributed by atoms with Crippen molar-refractivity contribution in [2.24, 2.45) is 0 Å². The maximum atomic E-state index is 12.8. The number of anilines is 2. The summed E-state index contributed by atoms with van der Waals surface area (Å²) < 4.78 is 5.39. The van der Waals surface area contributed by atoms with E-state index in [0.29, 0.717) is 17.0 Å². The molecule has 2 aromatic rings. The molecule has 0 aromatic heterocycles. The Morgan fingerprint density at radius 2 is 1.93 bits per heavy atom. The van der Waals surface area contributed by atoms with Crippen LogP contribution in [0.3, 0.4) is 0 Å². The number of ether oxygens (including phenoxy) is 1. The first kappa shape index (κ1) is 20.3. The number of Topliss-reactive ketones (excluding diaryl/α,β-unsaturated/α-hetero) is 1. The third kappa shape index (κ3) is 4.07. The highest BCUT2D eigenvalue weighted by Gasteiger charge is 2.33. The fraction of sp³-hybridized carbons (Fsp3) is 0.200. The van der Waals surface area contributed by atoms with E-state index in [1.54, 1.807) is 12.1 Å². The first-order chi connectivity index (χ1) is 13.7. The molecule has 0 bridgehead atoms. The molecular weight excluding hydrogens is 400 g/mol. The number of hydrogen-bond acceptors (Lipinski definition) is 5. The summed E-state index contributed by atoms with van der Waals surface area (Å²) in [5, 5.41) is 11.8. The summed E-state index contributed by atoms with van der Waals surface area (Å²) in [7, 11) is 0. The molecule has 0 saturated carbocycles. The zero-order valence-electron chi connectivity index (χ0n) is 15.6. The lowest BCUT2D eigenvalue weighted by Gasteiger charge is -2.33. The highest BCUT2D eigenvalue weighted by molar-refractivity contribution is 6.33. The summed E-state index contributed by atoms with van der Waals surface area (Å²) in [5.74, 6) is -2.02. The largest absolute Gasteiger partial charge is 0.482 e. The van der Waals surface area contributed by atoms with Crippen LogP contribution in [0.4, 0.5) is 11.4 Å². The van der Waals surface area contributed by atoms with E-state index in [0.717, 1.165) is 0 Å². The fourth-order valence-electron chi connectivity index (χ4n) is 2.95. The van der Waals surface area contributed by atoms with Crippen LogP contribution in [0.2, 0.25) is 5.02 Å². The molecule has 2 amide bonds. The molecule has 2 N–H and O–H groups in total. The Bertz CT molecular complexity index is 1040. The number of nitrogens with one attached hydrogen (secondary N) is 1. The molecule has 1 unspecified atom stereocenters. The van der Waals surface area contributed by atoms with Gasteiger partial charge in [-0.05, 0) is 50.2 Å². The Morgan fingerprint density at radius 1 is 1.21 bits per heavy atom. The first-order valence-electron chi connectivity index (χ1n) is 8.62. The predicted octanol–water partition coefficient (Wildman–Crippen LogP) is 2.99. The standard InChI is InChI=1S/C20H17ClN2O6/c1-10(19(26)22-13-4-5-15(21)14(8-13)20(27)28)23-16-7-12(11(2)24)3-6-17(16)29-9-18(23)25/h3-8,10H,9H2,1-2H3,(H,22,26)(H,27,28). The van der Waals surface area contributed by atoms with Gasteiger partial charge < -0.3 is 15.2 Å². The van der Waals surface area contributed by atoms with Crippen LogP contribution >= 0.6 is 11.6 Å². The van der Waals surface area contributed by atoms with Crippen molar-refractivity contribution in [1.82, 2.24) is 0 Å². The summed E-state index contributed by atoms with van der Waals surface area (Å²) >= 11 is 5.84. The Balaban J connectivity index is 1.89.